The minimum absolute atomic E-state index is 0.109. The Labute approximate surface area is 128 Å². The molecule has 0 bridgehead atoms. The molecular weight excluding hydrogens is 403 g/mol. The van der Waals surface area contributed by atoms with Crippen LogP contribution in [0, 0.1) is 3.57 Å². The first-order valence-electron chi connectivity index (χ1n) is 5.67. The summed E-state index contributed by atoms with van der Waals surface area (Å²) < 4.78 is 2.19. The lowest BCUT2D eigenvalue weighted by Crippen LogP contribution is -2.07. The van der Waals surface area contributed by atoms with Crippen LogP contribution in [0.5, 0.6) is 0 Å². The topological polar surface area (TPSA) is 17.1 Å². The molecule has 0 aromatic heterocycles. The van der Waals surface area contributed by atoms with Crippen LogP contribution >= 0.6 is 38.5 Å². The van der Waals surface area contributed by atoms with Gasteiger partial charge in [0.15, 0.2) is 0 Å². The summed E-state index contributed by atoms with van der Waals surface area (Å²) in [6, 6.07) is 12.5. The van der Waals surface area contributed by atoms with Crippen LogP contribution in [0.4, 0.5) is 0 Å². The van der Waals surface area contributed by atoms with Gasteiger partial charge in [0, 0.05) is 8.04 Å². The number of benzene rings is 2. The fourth-order valence-electron chi connectivity index (χ4n) is 2.64. The van der Waals surface area contributed by atoms with Gasteiger partial charge < -0.3 is 0 Å². The second kappa shape index (κ2) is 4.46. The van der Waals surface area contributed by atoms with E-state index in [4.69, 9.17) is 0 Å². The molecule has 0 saturated heterocycles. The first-order chi connectivity index (χ1) is 8.58. The highest BCUT2D eigenvalue weighted by Gasteiger charge is 2.31. The smallest absolute Gasteiger partial charge is 0.141 e. The Hall–Kier alpha value is -0.680. The lowest BCUT2D eigenvalue weighted by atomic mass is 9.93. The van der Waals surface area contributed by atoms with E-state index in [-0.39, 0.29) is 11.7 Å². The third-order valence-corrected chi connectivity index (χ3v) is 4.51. The lowest BCUT2D eigenvalue weighted by Gasteiger charge is -2.09. The summed E-state index contributed by atoms with van der Waals surface area (Å²) in [5.74, 6) is 0.0947. The summed E-state index contributed by atoms with van der Waals surface area (Å²) in [6.07, 6.45) is 0. The van der Waals surface area contributed by atoms with Crippen molar-refractivity contribution in [2.75, 3.05) is 0 Å². The number of Topliss-reactive ketones (excluding diaryl/α,β-unsaturated/α-hetero) is 1. The molecule has 3 rings (SSSR count). The lowest BCUT2D eigenvalue weighted by molar-refractivity contribution is -0.117. The van der Waals surface area contributed by atoms with Gasteiger partial charge in [-0.05, 0) is 76.0 Å². The number of rotatable bonds is 1. The summed E-state index contributed by atoms with van der Waals surface area (Å²) in [5, 5.41) is 0. The van der Waals surface area contributed by atoms with E-state index in [2.05, 4.69) is 68.9 Å². The van der Waals surface area contributed by atoms with Crippen molar-refractivity contribution in [3.63, 3.8) is 0 Å². The van der Waals surface area contributed by atoms with Crippen molar-refractivity contribution in [3.8, 4) is 11.1 Å². The first kappa shape index (κ1) is 12.4. The van der Waals surface area contributed by atoms with E-state index in [0.717, 1.165) is 15.6 Å². The largest absolute Gasteiger partial charge is 0.299 e. The Balaban J connectivity index is 2.33. The second-order valence-electron chi connectivity index (χ2n) is 4.51. The normalized spacial score (nSPS) is 16.3. The summed E-state index contributed by atoms with van der Waals surface area (Å²) in [5.41, 5.74) is 4.64. The standard InChI is InChI=1S/C15H10BrIO/c1-8(18)15-13-6-9(16)2-4-11(13)12-5-3-10(17)7-14(12)15/h2-7,15H,1H3. The Morgan fingerprint density at radius 1 is 1.11 bits per heavy atom. The maximum atomic E-state index is 12.0. The van der Waals surface area contributed by atoms with Gasteiger partial charge in [-0.25, -0.2) is 0 Å². The van der Waals surface area contributed by atoms with Crippen LogP contribution < -0.4 is 0 Å². The van der Waals surface area contributed by atoms with Crippen LogP contribution in [0.2, 0.25) is 0 Å². The van der Waals surface area contributed by atoms with Gasteiger partial charge in [-0.3, -0.25) is 4.79 Å². The van der Waals surface area contributed by atoms with Crippen molar-refractivity contribution in [1.82, 2.24) is 0 Å². The highest BCUT2D eigenvalue weighted by molar-refractivity contribution is 14.1. The quantitative estimate of drug-likeness (QED) is 0.617. The molecule has 0 aliphatic heterocycles. The molecule has 1 aliphatic carbocycles. The third-order valence-electron chi connectivity index (χ3n) is 3.35. The van der Waals surface area contributed by atoms with Gasteiger partial charge in [0.05, 0.1) is 5.92 Å². The van der Waals surface area contributed by atoms with Crippen LogP contribution in [0.25, 0.3) is 11.1 Å². The van der Waals surface area contributed by atoms with E-state index < -0.39 is 0 Å². The summed E-state index contributed by atoms with van der Waals surface area (Å²) in [7, 11) is 0. The summed E-state index contributed by atoms with van der Waals surface area (Å²) >= 11 is 5.78. The van der Waals surface area contributed by atoms with Crippen molar-refractivity contribution in [2.24, 2.45) is 0 Å². The minimum atomic E-state index is -0.109. The molecule has 2 aromatic rings. The maximum Gasteiger partial charge on any atom is 0.141 e. The average molecular weight is 413 g/mol. The highest BCUT2D eigenvalue weighted by Crippen LogP contribution is 2.46. The van der Waals surface area contributed by atoms with E-state index in [9.17, 15) is 4.79 Å². The Morgan fingerprint density at radius 3 is 2.39 bits per heavy atom. The molecule has 0 amide bonds. The van der Waals surface area contributed by atoms with Gasteiger partial charge in [0.25, 0.3) is 0 Å². The highest BCUT2D eigenvalue weighted by atomic mass is 127. The molecule has 0 heterocycles. The van der Waals surface area contributed by atoms with Crippen LogP contribution in [0.15, 0.2) is 40.9 Å². The number of halogens is 2. The van der Waals surface area contributed by atoms with Gasteiger partial charge in [-0.1, -0.05) is 28.1 Å². The SMILES string of the molecule is CC(=O)C1c2cc(Br)ccc2-c2ccc(I)cc21. The van der Waals surface area contributed by atoms with Crippen molar-refractivity contribution in [3.05, 3.63) is 55.6 Å². The number of ketones is 1. The molecule has 2 aromatic carbocycles. The maximum absolute atomic E-state index is 12.0. The molecule has 3 heteroatoms. The van der Waals surface area contributed by atoms with E-state index >= 15 is 0 Å². The molecule has 18 heavy (non-hydrogen) atoms. The van der Waals surface area contributed by atoms with Gasteiger partial charge in [0.1, 0.15) is 5.78 Å². The number of carbonyl (C=O) groups excluding carboxylic acids is 1. The fraction of sp³-hybridized carbons (Fsp3) is 0.133. The number of hydrogen-bond acceptors (Lipinski definition) is 1. The molecule has 0 radical (unpaired) electrons. The van der Waals surface area contributed by atoms with Crippen molar-refractivity contribution < 1.29 is 4.79 Å². The molecule has 90 valence electrons. The average Bonchev–Trinajstić information content (AvgIpc) is 2.60. The summed E-state index contributed by atoms with van der Waals surface area (Å²) in [6.45, 7) is 1.67. The molecule has 1 nitrogen and oxygen atoms in total. The van der Waals surface area contributed by atoms with Crippen molar-refractivity contribution in [1.29, 1.82) is 0 Å². The zero-order valence-electron chi connectivity index (χ0n) is 9.71. The minimum Gasteiger partial charge on any atom is -0.299 e. The van der Waals surface area contributed by atoms with E-state index in [1.807, 2.05) is 6.07 Å². The van der Waals surface area contributed by atoms with Gasteiger partial charge >= 0.3 is 0 Å². The van der Waals surface area contributed by atoms with E-state index in [0.29, 0.717) is 0 Å². The predicted molar refractivity (Wildman–Crippen MR) is 84.8 cm³/mol. The van der Waals surface area contributed by atoms with E-state index in [1.165, 1.54) is 14.7 Å². The van der Waals surface area contributed by atoms with Crippen LogP contribution in [-0.4, -0.2) is 5.78 Å². The Bertz CT molecular complexity index is 612. The first-order valence-corrected chi connectivity index (χ1v) is 7.55. The van der Waals surface area contributed by atoms with E-state index in [1.54, 1.807) is 6.92 Å². The predicted octanol–water partition coefficient (Wildman–Crippen LogP) is 4.76. The van der Waals surface area contributed by atoms with Gasteiger partial charge in [-0.2, -0.15) is 0 Å². The fourth-order valence-corrected chi connectivity index (χ4v) is 3.53. The zero-order chi connectivity index (χ0) is 12.9. The van der Waals surface area contributed by atoms with Crippen LogP contribution in [-0.2, 0) is 4.79 Å². The molecular formula is C15H10BrIO. The number of fused-ring (bicyclic) bond motifs is 3. The van der Waals surface area contributed by atoms with Crippen molar-refractivity contribution >= 4 is 44.3 Å². The summed E-state index contributed by atoms with van der Waals surface area (Å²) in [4.78, 5) is 12.0. The van der Waals surface area contributed by atoms with Crippen molar-refractivity contribution in [2.45, 2.75) is 12.8 Å². The van der Waals surface area contributed by atoms with Gasteiger partial charge in [0.2, 0.25) is 0 Å². The Kier molecular flexibility index (Phi) is 3.06. The van der Waals surface area contributed by atoms with Crippen LogP contribution in [0.3, 0.4) is 0 Å². The second-order valence-corrected chi connectivity index (χ2v) is 6.67. The van der Waals surface area contributed by atoms with Gasteiger partial charge in [-0.15, -0.1) is 0 Å². The third kappa shape index (κ3) is 1.84. The molecule has 1 atom stereocenters. The number of hydrogen-bond donors (Lipinski definition) is 0. The Morgan fingerprint density at radius 2 is 1.72 bits per heavy atom. The molecule has 1 unspecified atom stereocenters. The molecule has 0 saturated carbocycles. The monoisotopic (exact) mass is 412 g/mol. The zero-order valence-corrected chi connectivity index (χ0v) is 13.4. The molecule has 0 N–H and O–H groups in total. The van der Waals surface area contributed by atoms with Crippen LogP contribution in [0.1, 0.15) is 24.0 Å². The molecule has 1 aliphatic rings. The molecule has 0 fully saturated rings. The molecule has 0 spiro atoms. The number of carbonyl (C=O) groups is 1.